The summed E-state index contributed by atoms with van der Waals surface area (Å²) >= 11 is 1.86. The van der Waals surface area contributed by atoms with Crippen molar-refractivity contribution >= 4 is 30.1 Å². The second-order valence-electron chi connectivity index (χ2n) is 4.60. The number of thioether (sulfide) groups is 1. The monoisotopic (exact) mass is 286 g/mol. The number of hydrogen-bond acceptors (Lipinski definition) is 3. The molecule has 0 aromatic heterocycles. The maximum atomic E-state index is 11.4. The van der Waals surface area contributed by atoms with Gasteiger partial charge in [0.15, 0.2) is 0 Å². The van der Waals surface area contributed by atoms with Crippen LogP contribution in [-0.4, -0.2) is 23.2 Å². The molecule has 0 unspecified atom stereocenters. The molecule has 1 fully saturated rings. The first-order valence-corrected chi connectivity index (χ1v) is 6.70. The summed E-state index contributed by atoms with van der Waals surface area (Å²) in [6, 6.07) is 9.89. The van der Waals surface area contributed by atoms with Gasteiger partial charge >= 0.3 is 0 Å². The van der Waals surface area contributed by atoms with Crippen molar-refractivity contribution in [3.63, 3.8) is 0 Å². The molecule has 0 bridgehead atoms. The molecule has 1 aromatic rings. The molecular formula is C13H19ClN2OS. The molecule has 0 spiro atoms. The van der Waals surface area contributed by atoms with Crippen molar-refractivity contribution < 1.29 is 4.79 Å². The van der Waals surface area contributed by atoms with Crippen molar-refractivity contribution in [2.75, 3.05) is 6.54 Å². The van der Waals surface area contributed by atoms with Gasteiger partial charge in [-0.15, -0.1) is 24.2 Å². The van der Waals surface area contributed by atoms with Gasteiger partial charge in [-0.25, -0.2) is 0 Å². The smallest absolute Gasteiger partial charge is 0.236 e. The lowest BCUT2D eigenvalue weighted by Crippen LogP contribution is -2.41. The van der Waals surface area contributed by atoms with E-state index >= 15 is 0 Å². The number of rotatable bonds is 5. The van der Waals surface area contributed by atoms with Crippen molar-refractivity contribution in [1.82, 2.24) is 5.32 Å². The first-order valence-electron chi connectivity index (χ1n) is 5.89. The fourth-order valence-corrected chi connectivity index (χ4v) is 2.85. The molecule has 5 heteroatoms. The van der Waals surface area contributed by atoms with E-state index in [1.807, 2.05) is 30.0 Å². The zero-order valence-corrected chi connectivity index (χ0v) is 12.0. The van der Waals surface area contributed by atoms with E-state index in [1.165, 1.54) is 4.90 Å². The quantitative estimate of drug-likeness (QED) is 0.872. The van der Waals surface area contributed by atoms with E-state index in [1.54, 1.807) is 6.92 Å². The summed E-state index contributed by atoms with van der Waals surface area (Å²) in [5.74, 6) is -0.0649. The molecule has 3 N–H and O–H groups in total. The van der Waals surface area contributed by atoms with Crippen LogP contribution in [0.4, 0.5) is 0 Å². The number of carbonyl (C=O) groups is 1. The van der Waals surface area contributed by atoms with Crippen molar-refractivity contribution in [2.45, 2.75) is 35.4 Å². The molecule has 1 atom stereocenters. The summed E-state index contributed by atoms with van der Waals surface area (Å²) in [5, 5.41) is 2.92. The third-order valence-corrected chi connectivity index (χ3v) is 4.38. The lowest BCUT2D eigenvalue weighted by molar-refractivity contribution is -0.121. The number of nitrogens with one attached hydrogen (secondary N) is 1. The summed E-state index contributed by atoms with van der Waals surface area (Å²) < 4.78 is 0.200. The van der Waals surface area contributed by atoms with Crippen LogP contribution in [0.1, 0.15) is 19.8 Å². The Morgan fingerprint density at radius 2 is 2.06 bits per heavy atom. The largest absolute Gasteiger partial charge is 0.353 e. The number of nitrogens with two attached hydrogens (primary N) is 1. The lowest BCUT2D eigenvalue weighted by Gasteiger charge is -2.16. The number of benzene rings is 1. The summed E-state index contributed by atoms with van der Waals surface area (Å²) in [6.07, 6.45) is 2.32. The average molecular weight is 287 g/mol. The van der Waals surface area contributed by atoms with Gasteiger partial charge in [0.1, 0.15) is 0 Å². The Kier molecular flexibility index (Phi) is 5.50. The summed E-state index contributed by atoms with van der Waals surface area (Å²) in [5.41, 5.74) is 5.52. The van der Waals surface area contributed by atoms with E-state index in [0.29, 0.717) is 6.54 Å². The van der Waals surface area contributed by atoms with Crippen LogP contribution in [0.2, 0.25) is 0 Å². The minimum atomic E-state index is -0.424. The second kappa shape index (κ2) is 6.45. The van der Waals surface area contributed by atoms with E-state index in [2.05, 4.69) is 17.4 Å². The topological polar surface area (TPSA) is 55.1 Å². The molecule has 2 rings (SSSR count). The number of amides is 1. The number of carbonyl (C=O) groups excluding carboxylic acids is 1. The van der Waals surface area contributed by atoms with E-state index in [4.69, 9.17) is 5.73 Å². The minimum absolute atomic E-state index is 0. The molecule has 18 heavy (non-hydrogen) atoms. The van der Waals surface area contributed by atoms with Crippen molar-refractivity contribution in [2.24, 2.45) is 5.73 Å². The Labute approximate surface area is 118 Å². The molecule has 0 saturated heterocycles. The molecule has 1 saturated carbocycles. The minimum Gasteiger partial charge on any atom is -0.353 e. The normalized spacial score (nSPS) is 17.4. The Balaban J connectivity index is 0.00000162. The maximum absolute atomic E-state index is 11.4. The van der Waals surface area contributed by atoms with Crippen LogP contribution in [0, 0.1) is 0 Å². The standard InChI is InChI=1S/C13H18N2OS.ClH/c1-10(14)12(16)15-9-13(7-8-13)17-11-5-3-2-4-6-11;/h2-6,10H,7-9,14H2,1H3,(H,15,16);1H/t10-;/m1./s1. The molecule has 1 aliphatic carbocycles. The van der Waals surface area contributed by atoms with Crippen molar-refractivity contribution in [3.05, 3.63) is 30.3 Å². The summed E-state index contributed by atoms with van der Waals surface area (Å²) in [7, 11) is 0. The first-order chi connectivity index (χ1) is 8.11. The van der Waals surface area contributed by atoms with Crippen LogP contribution >= 0.6 is 24.2 Å². The van der Waals surface area contributed by atoms with Crippen LogP contribution in [0.3, 0.4) is 0 Å². The highest BCUT2D eigenvalue weighted by Crippen LogP contribution is 2.51. The van der Waals surface area contributed by atoms with Gasteiger partial charge in [0.05, 0.1) is 6.04 Å². The lowest BCUT2D eigenvalue weighted by atomic mass is 10.3. The summed E-state index contributed by atoms with van der Waals surface area (Å²) in [4.78, 5) is 12.7. The highest BCUT2D eigenvalue weighted by atomic mass is 35.5. The Hall–Kier alpha value is -0.710. The van der Waals surface area contributed by atoms with Crippen LogP contribution < -0.4 is 11.1 Å². The predicted octanol–water partition coefficient (Wildman–Crippen LogP) is 2.20. The van der Waals surface area contributed by atoms with Gasteiger partial charge in [-0.3, -0.25) is 4.79 Å². The summed E-state index contributed by atoms with van der Waals surface area (Å²) in [6.45, 7) is 2.42. The van der Waals surface area contributed by atoms with E-state index in [-0.39, 0.29) is 23.1 Å². The molecule has 0 aliphatic heterocycles. The van der Waals surface area contributed by atoms with Gasteiger partial charge < -0.3 is 11.1 Å². The van der Waals surface area contributed by atoms with E-state index < -0.39 is 6.04 Å². The molecule has 1 aromatic carbocycles. The fourth-order valence-electron chi connectivity index (χ4n) is 1.60. The van der Waals surface area contributed by atoms with Gasteiger partial charge in [-0.2, -0.15) is 0 Å². The van der Waals surface area contributed by atoms with Gasteiger partial charge in [-0.1, -0.05) is 18.2 Å². The SMILES string of the molecule is C[C@@H](N)C(=O)NCC1(Sc2ccccc2)CC1.Cl. The van der Waals surface area contributed by atoms with Gasteiger partial charge in [0, 0.05) is 16.2 Å². The zero-order chi connectivity index (χ0) is 12.3. The van der Waals surface area contributed by atoms with E-state index in [0.717, 1.165) is 12.8 Å². The third kappa shape index (κ3) is 4.19. The van der Waals surface area contributed by atoms with Crippen LogP contribution in [-0.2, 0) is 4.79 Å². The molecule has 0 radical (unpaired) electrons. The van der Waals surface area contributed by atoms with Crippen LogP contribution in [0.5, 0.6) is 0 Å². The molecule has 3 nitrogen and oxygen atoms in total. The van der Waals surface area contributed by atoms with Gasteiger partial charge in [0.25, 0.3) is 0 Å². The Bertz CT molecular complexity index is 393. The molecule has 1 aliphatic rings. The van der Waals surface area contributed by atoms with Crippen LogP contribution in [0.25, 0.3) is 0 Å². The van der Waals surface area contributed by atoms with Gasteiger partial charge in [0.2, 0.25) is 5.91 Å². The molecule has 1 amide bonds. The Morgan fingerprint density at radius 1 is 1.44 bits per heavy atom. The Morgan fingerprint density at radius 3 is 2.56 bits per heavy atom. The van der Waals surface area contributed by atoms with E-state index in [9.17, 15) is 4.79 Å². The predicted molar refractivity (Wildman–Crippen MR) is 78.2 cm³/mol. The van der Waals surface area contributed by atoms with Crippen molar-refractivity contribution in [1.29, 1.82) is 0 Å². The molecular weight excluding hydrogens is 268 g/mol. The van der Waals surface area contributed by atoms with Crippen LogP contribution in [0.15, 0.2) is 35.2 Å². The average Bonchev–Trinajstić information content (AvgIpc) is 3.07. The third-order valence-electron chi connectivity index (χ3n) is 2.88. The number of hydrogen-bond donors (Lipinski definition) is 2. The highest BCUT2D eigenvalue weighted by molar-refractivity contribution is 8.01. The molecule has 100 valence electrons. The molecule has 0 heterocycles. The van der Waals surface area contributed by atoms with Crippen molar-refractivity contribution in [3.8, 4) is 0 Å². The maximum Gasteiger partial charge on any atom is 0.236 e. The zero-order valence-electron chi connectivity index (χ0n) is 10.4. The fraction of sp³-hybridized carbons (Fsp3) is 0.462. The highest BCUT2D eigenvalue weighted by Gasteiger charge is 2.43. The number of halogens is 1. The first kappa shape index (κ1) is 15.3. The second-order valence-corrected chi connectivity index (χ2v) is 6.15. The van der Waals surface area contributed by atoms with Gasteiger partial charge in [-0.05, 0) is 31.9 Å².